The Hall–Kier alpha value is -3.03. The van der Waals surface area contributed by atoms with Gasteiger partial charge in [-0.05, 0) is 25.1 Å². The summed E-state index contributed by atoms with van der Waals surface area (Å²) in [6, 6.07) is 6.58. The number of hydrogen-bond acceptors (Lipinski definition) is 5. The molecular weight excluding hydrogens is 312 g/mol. The third-order valence-electron chi connectivity index (χ3n) is 3.79. The van der Waals surface area contributed by atoms with Crippen LogP contribution >= 0.6 is 0 Å². The van der Waals surface area contributed by atoms with Crippen molar-refractivity contribution in [1.82, 2.24) is 10.1 Å². The molecule has 8 nitrogen and oxygen atoms in total. The maximum absolute atomic E-state index is 12.2. The molecule has 1 aliphatic heterocycles. The number of carbonyl (C=O) groups excluding carboxylic acids is 2. The maximum atomic E-state index is 12.2. The first kappa shape index (κ1) is 15.9. The van der Waals surface area contributed by atoms with Crippen LogP contribution in [-0.2, 0) is 11.3 Å². The number of amides is 3. The number of nitrogens with zero attached hydrogens (tertiary/aromatic N) is 3. The topological polar surface area (TPSA) is 87.9 Å². The van der Waals surface area contributed by atoms with Gasteiger partial charge in [0.05, 0.1) is 12.2 Å². The number of ether oxygens (including phenoxy) is 1. The molecule has 0 fully saturated rings. The van der Waals surface area contributed by atoms with Crippen molar-refractivity contribution in [3.05, 3.63) is 36.2 Å². The molecule has 0 aliphatic carbocycles. The molecule has 8 heteroatoms. The minimum Gasteiger partial charge on any atom is -0.479 e. The van der Waals surface area contributed by atoms with Gasteiger partial charge in [-0.25, -0.2) is 4.79 Å². The lowest BCUT2D eigenvalue weighted by atomic mass is 10.2. The lowest BCUT2D eigenvalue weighted by Gasteiger charge is -2.30. The summed E-state index contributed by atoms with van der Waals surface area (Å²) in [6.07, 6.45) is 0.940. The highest BCUT2D eigenvalue weighted by atomic mass is 16.5. The van der Waals surface area contributed by atoms with E-state index < -0.39 is 6.10 Å². The number of nitrogens with one attached hydrogen (secondary N) is 1. The number of aromatic nitrogens is 1. The molecule has 24 heavy (non-hydrogen) atoms. The summed E-state index contributed by atoms with van der Waals surface area (Å²) in [4.78, 5) is 27.2. The van der Waals surface area contributed by atoms with Crippen LogP contribution in [0.2, 0.25) is 0 Å². The van der Waals surface area contributed by atoms with Crippen LogP contribution in [0, 0.1) is 0 Å². The van der Waals surface area contributed by atoms with Gasteiger partial charge in [-0.3, -0.25) is 4.79 Å². The van der Waals surface area contributed by atoms with Gasteiger partial charge >= 0.3 is 6.03 Å². The zero-order valence-electron chi connectivity index (χ0n) is 13.6. The second kappa shape index (κ2) is 6.23. The van der Waals surface area contributed by atoms with E-state index in [-0.39, 0.29) is 11.9 Å². The van der Waals surface area contributed by atoms with Crippen molar-refractivity contribution in [3.63, 3.8) is 0 Å². The maximum Gasteiger partial charge on any atom is 0.321 e. The molecule has 1 aliphatic rings. The van der Waals surface area contributed by atoms with E-state index in [1.807, 2.05) is 0 Å². The highest BCUT2D eigenvalue weighted by Crippen LogP contribution is 2.35. The number of urea groups is 1. The monoisotopic (exact) mass is 330 g/mol. The molecule has 1 aromatic carbocycles. The van der Waals surface area contributed by atoms with E-state index in [1.54, 1.807) is 45.3 Å². The van der Waals surface area contributed by atoms with Gasteiger partial charge in [0, 0.05) is 25.8 Å². The number of rotatable bonds is 3. The van der Waals surface area contributed by atoms with E-state index in [0.717, 1.165) is 0 Å². The van der Waals surface area contributed by atoms with E-state index in [4.69, 9.17) is 9.26 Å². The standard InChI is InChI=1S/C16H18N4O4/c1-10-15(21)20(3)13-8-11(4-5-14(13)24-10)17-16(22)19(2)9-12-6-7-23-18-12/h4-8,10H,9H2,1-3H3,(H,17,22)/t10-/m1/s1. The Morgan fingerprint density at radius 3 is 2.92 bits per heavy atom. The smallest absolute Gasteiger partial charge is 0.321 e. The molecule has 126 valence electrons. The van der Waals surface area contributed by atoms with E-state index in [9.17, 15) is 9.59 Å². The van der Waals surface area contributed by atoms with Gasteiger partial charge in [0.1, 0.15) is 17.7 Å². The minimum atomic E-state index is -0.517. The molecular formula is C16H18N4O4. The van der Waals surface area contributed by atoms with Crippen molar-refractivity contribution < 1.29 is 18.8 Å². The fourth-order valence-electron chi connectivity index (χ4n) is 2.44. The van der Waals surface area contributed by atoms with Crippen molar-refractivity contribution in [3.8, 4) is 5.75 Å². The highest BCUT2D eigenvalue weighted by Gasteiger charge is 2.29. The van der Waals surface area contributed by atoms with Gasteiger partial charge < -0.3 is 24.4 Å². The molecule has 0 saturated heterocycles. The van der Waals surface area contributed by atoms with Crippen LogP contribution in [0.1, 0.15) is 12.6 Å². The first-order valence-electron chi connectivity index (χ1n) is 7.45. The van der Waals surface area contributed by atoms with Crippen LogP contribution in [0.3, 0.4) is 0 Å². The number of likely N-dealkylation sites (N-methyl/N-ethyl adjacent to an activating group) is 1. The molecule has 3 amide bonds. The predicted molar refractivity (Wildman–Crippen MR) is 86.9 cm³/mol. The zero-order valence-corrected chi connectivity index (χ0v) is 13.6. The largest absolute Gasteiger partial charge is 0.479 e. The lowest BCUT2D eigenvalue weighted by Crippen LogP contribution is -2.42. The van der Waals surface area contributed by atoms with Crippen molar-refractivity contribution in [1.29, 1.82) is 0 Å². The summed E-state index contributed by atoms with van der Waals surface area (Å²) in [6.45, 7) is 2.03. The Balaban J connectivity index is 1.72. The van der Waals surface area contributed by atoms with Crippen molar-refractivity contribution in [2.75, 3.05) is 24.3 Å². The number of hydrogen-bond donors (Lipinski definition) is 1. The van der Waals surface area contributed by atoms with Gasteiger partial charge in [0.15, 0.2) is 6.10 Å². The Morgan fingerprint density at radius 2 is 2.21 bits per heavy atom. The van der Waals surface area contributed by atoms with Gasteiger partial charge in [0.2, 0.25) is 0 Å². The lowest BCUT2D eigenvalue weighted by molar-refractivity contribution is -0.125. The van der Waals surface area contributed by atoms with Crippen LogP contribution < -0.4 is 15.0 Å². The Kier molecular flexibility index (Phi) is 4.11. The van der Waals surface area contributed by atoms with Crippen LogP contribution in [0.15, 0.2) is 35.1 Å². The van der Waals surface area contributed by atoms with Crippen LogP contribution in [-0.4, -0.2) is 42.2 Å². The molecule has 2 aromatic rings. The summed E-state index contributed by atoms with van der Waals surface area (Å²) in [5.41, 5.74) is 1.85. The van der Waals surface area contributed by atoms with Crippen molar-refractivity contribution >= 4 is 23.3 Å². The van der Waals surface area contributed by atoms with Gasteiger partial charge in [0.25, 0.3) is 5.91 Å². The second-order valence-electron chi connectivity index (χ2n) is 5.62. The fourth-order valence-corrected chi connectivity index (χ4v) is 2.44. The third kappa shape index (κ3) is 3.03. The summed E-state index contributed by atoms with van der Waals surface area (Å²) in [5.74, 6) is 0.479. The van der Waals surface area contributed by atoms with Crippen LogP contribution in [0.5, 0.6) is 5.75 Å². The molecule has 0 radical (unpaired) electrons. The average Bonchev–Trinajstić information content (AvgIpc) is 3.06. The highest BCUT2D eigenvalue weighted by molar-refractivity contribution is 6.00. The SMILES string of the molecule is C[C@H]1Oc2ccc(NC(=O)N(C)Cc3ccon3)cc2N(C)C1=O. The first-order valence-corrected chi connectivity index (χ1v) is 7.45. The zero-order chi connectivity index (χ0) is 17.3. The summed E-state index contributed by atoms with van der Waals surface area (Å²) < 4.78 is 10.3. The van der Waals surface area contributed by atoms with E-state index in [2.05, 4.69) is 10.5 Å². The summed E-state index contributed by atoms with van der Waals surface area (Å²) in [5, 5.41) is 6.56. The molecule has 1 aromatic heterocycles. The number of carbonyl (C=O) groups is 2. The van der Waals surface area contributed by atoms with Gasteiger partial charge in [-0.2, -0.15) is 0 Å². The number of fused-ring (bicyclic) bond motifs is 1. The third-order valence-corrected chi connectivity index (χ3v) is 3.79. The molecule has 0 spiro atoms. The quantitative estimate of drug-likeness (QED) is 0.931. The Morgan fingerprint density at radius 1 is 1.42 bits per heavy atom. The van der Waals surface area contributed by atoms with E-state index in [1.165, 1.54) is 16.1 Å². The van der Waals surface area contributed by atoms with Gasteiger partial charge in [-0.1, -0.05) is 5.16 Å². The average molecular weight is 330 g/mol. The van der Waals surface area contributed by atoms with Crippen LogP contribution in [0.4, 0.5) is 16.2 Å². The molecule has 1 N–H and O–H groups in total. The summed E-state index contributed by atoms with van der Waals surface area (Å²) >= 11 is 0. The molecule has 3 rings (SSSR count). The fraction of sp³-hybridized carbons (Fsp3) is 0.312. The minimum absolute atomic E-state index is 0.130. The van der Waals surface area contributed by atoms with Crippen molar-refractivity contribution in [2.24, 2.45) is 0 Å². The Bertz CT molecular complexity index is 759. The normalized spacial score (nSPS) is 16.4. The molecule has 0 saturated carbocycles. The second-order valence-corrected chi connectivity index (χ2v) is 5.62. The van der Waals surface area contributed by atoms with E-state index in [0.29, 0.717) is 29.4 Å². The number of anilines is 2. The summed E-state index contributed by atoms with van der Waals surface area (Å²) in [7, 11) is 3.34. The Labute approximate surface area is 139 Å². The molecule has 2 heterocycles. The molecule has 0 bridgehead atoms. The first-order chi connectivity index (χ1) is 11.5. The molecule has 1 atom stereocenters. The predicted octanol–water partition coefficient (Wildman–Crippen LogP) is 2.08. The number of benzene rings is 1. The van der Waals surface area contributed by atoms with Crippen LogP contribution in [0.25, 0.3) is 0 Å². The van der Waals surface area contributed by atoms with E-state index >= 15 is 0 Å². The van der Waals surface area contributed by atoms with Crippen molar-refractivity contribution in [2.45, 2.75) is 19.6 Å². The van der Waals surface area contributed by atoms with Gasteiger partial charge in [-0.15, -0.1) is 0 Å². The molecule has 0 unspecified atom stereocenters.